The van der Waals surface area contributed by atoms with Crippen molar-refractivity contribution in [2.75, 3.05) is 11.6 Å². The number of nitrogens with zero attached hydrogens (tertiary/aromatic N) is 1. The maximum Gasteiger partial charge on any atom is 0.257 e. The van der Waals surface area contributed by atoms with E-state index in [4.69, 9.17) is 9.47 Å². The summed E-state index contributed by atoms with van der Waals surface area (Å²) in [7, 11) is -3.30. The SMILES string of the molecule is Cc1ccnc(NC(=O)c2cc(Oc3ccc(S(C)(=O)=O)cc3)c3c(c2)OC(C)(C)C3)c1. The molecule has 1 aliphatic heterocycles. The van der Waals surface area contributed by atoms with Crippen LogP contribution in [0.5, 0.6) is 17.2 Å². The molecular weight excluding hydrogens is 428 g/mol. The summed E-state index contributed by atoms with van der Waals surface area (Å²) in [4.78, 5) is 17.3. The van der Waals surface area contributed by atoms with Gasteiger partial charge < -0.3 is 14.8 Å². The number of fused-ring (bicyclic) bond motifs is 1. The topological polar surface area (TPSA) is 94.6 Å². The molecule has 4 rings (SSSR count). The predicted octanol–water partition coefficient (Wildman–Crippen LogP) is 4.55. The Morgan fingerprint density at radius 3 is 2.50 bits per heavy atom. The van der Waals surface area contributed by atoms with Gasteiger partial charge in [0.1, 0.15) is 28.7 Å². The van der Waals surface area contributed by atoms with E-state index in [-0.39, 0.29) is 10.8 Å². The Balaban J connectivity index is 1.67. The van der Waals surface area contributed by atoms with Crippen LogP contribution in [0.15, 0.2) is 59.6 Å². The number of benzene rings is 2. The molecule has 0 saturated heterocycles. The predicted molar refractivity (Wildman–Crippen MR) is 121 cm³/mol. The molecule has 32 heavy (non-hydrogen) atoms. The van der Waals surface area contributed by atoms with Gasteiger partial charge in [-0.25, -0.2) is 13.4 Å². The summed E-state index contributed by atoms with van der Waals surface area (Å²) in [5.74, 6) is 1.65. The van der Waals surface area contributed by atoms with Gasteiger partial charge in [-0.1, -0.05) is 0 Å². The normalized spacial score (nSPS) is 14.4. The van der Waals surface area contributed by atoms with E-state index in [1.807, 2.05) is 26.8 Å². The quantitative estimate of drug-likeness (QED) is 0.610. The van der Waals surface area contributed by atoms with Crippen LogP contribution in [0, 0.1) is 6.92 Å². The fourth-order valence-corrected chi connectivity index (χ4v) is 4.17. The first-order valence-electron chi connectivity index (χ1n) is 10.1. The highest BCUT2D eigenvalue weighted by molar-refractivity contribution is 7.90. The van der Waals surface area contributed by atoms with E-state index in [1.165, 1.54) is 12.1 Å². The third-order valence-electron chi connectivity index (χ3n) is 5.06. The van der Waals surface area contributed by atoms with Gasteiger partial charge in [-0.05, 0) is 74.9 Å². The van der Waals surface area contributed by atoms with Gasteiger partial charge in [0.15, 0.2) is 9.84 Å². The number of carbonyl (C=O) groups excluding carboxylic acids is 1. The van der Waals surface area contributed by atoms with Crippen LogP contribution in [0.25, 0.3) is 0 Å². The summed E-state index contributed by atoms with van der Waals surface area (Å²) in [6.45, 7) is 5.85. The Hall–Kier alpha value is -3.39. The fraction of sp³-hybridized carbons (Fsp3) is 0.250. The minimum Gasteiger partial charge on any atom is -0.487 e. The number of carbonyl (C=O) groups is 1. The number of pyridine rings is 1. The molecule has 1 amide bonds. The van der Waals surface area contributed by atoms with Gasteiger partial charge in [-0.3, -0.25) is 4.79 Å². The zero-order chi connectivity index (χ0) is 23.1. The summed E-state index contributed by atoms with van der Waals surface area (Å²) in [5.41, 5.74) is 1.77. The highest BCUT2D eigenvalue weighted by atomic mass is 32.2. The van der Waals surface area contributed by atoms with Crippen LogP contribution in [-0.4, -0.2) is 31.2 Å². The van der Waals surface area contributed by atoms with Crippen LogP contribution < -0.4 is 14.8 Å². The van der Waals surface area contributed by atoms with Gasteiger partial charge in [0.05, 0.1) is 4.90 Å². The molecule has 166 valence electrons. The van der Waals surface area contributed by atoms with Crippen LogP contribution in [0.4, 0.5) is 5.82 Å². The van der Waals surface area contributed by atoms with Crippen molar-refractivity contribution < 1.29 is 22.7 Å². The average molecular weight is 453 g/mol. The lowest BCUT2D eigenvalue weighted by molar-refractivity contribution is 0.102. The summed E-state index contributed by atoms with van der Waals surface area (Å²) < 4.78 is 35.5. The molecule has 0 unspecified atom stereocenters. The number of sulfone groups is 1. The van der Waals surface area contributed by atoms with Gasteiger partial charge in [0.2, 0.25) is 0 Å². The molecule has 1 N–H and O–H groups in total. The second-order valence-electron chi connectivity index (χ2n) is 8.51. The van der Waals surface area contributed by atoms with Crippen LogP contribution in [-0.2, 0) is 16.3 Å². The van der Waals surface area contributed by atoms with Crippen LogP contribution in [0.1, 0.15) is 35.3 Å². The lowest BCUT2D eigenvalue weighted by Crippen LogP contribution is -2.24. The Morgan fingerprint density at radius 1 is 1.12 bits per heavy atom. The summed E-state index contributed by atoms with van der Waals surface area (Å²) in [6.07, 6.45) is 3.40. The number of ether oxygens (including phenoxy) is 2. The average Bonchev–Trinajstić information content (AvgIpc) is 3.02. The molecule has 1 aromatic heterocycles. The summed E-state index contributed by atoms with van der Waals surface area (Å²) >= 11 is 0. The van der Waals surface area contributed by atoms with E-state index in [9.17, 15) is 13.2 Å². The van der Waals surface area contributed by atoms with E-state index in [2.05, 4.69) is 10.3 Å². The molecule has 0 fully saturated rings. The molecule has 0 spiro atoms. The molecule has 1 aliphatic rings. The molecule has 7 nitrogen and oxygen atoms in total. The number of anilines is 1. The number of amides is 1. The maximum absolute atomic E-state index is 12.9. The van der Waals surface area contributed by atoms with Crippen molar-refractivity contribution in [1.29, 1.82) is 0 Å². The molecule has 0 radical (unpaired) electrons. The van der Waals surface area contributed by atoms with Crippen molar-refractivity contribution in [3.8, 4) is 17.2 Å². The summed E-state index contributed by atoms with van der Waals surface area (Å²) in [6, 6.07) is 13.2. The van der Waals surface area contributed by atoms with Crippen molar-refractivity contribution >= 4 is 21.6 Å². The van der Waals surface area contributed by atoms with Crippen molar-refractivity contribution in [3.05, 3.63) is 71.4 Å². The van der Waals surface area contributed by atoms with E-state index >= 15 is 0 Å². The Morgan fingerprint density at radius 2 is 1.84 bits per heavy atom. The minimum absolute atomic E-state index is 0.207. The van der Waals surface area contributed by atoms with Crippen molar-refractivity contribution in [2.45, 2.75) is 37.7 Å². The third kappa shape index (κ3) is 4.75. The summed E-state index contributed by atoms with van der Waals surface area (Å²) in [5, 5.41) is 2.80. The number of aryl methyl sites for hydroxylation is 1. The zero-order valence-electron chi connectivity index (χ0n) is 18.3. The van der Waals surface area contributed by atoms with Crippen LogP contribution in [0.2, 0.25) is 0 Å². The molecule has 0 bridgehead atoms. The number of hydrogen-bond acceptors (Lipinski definition) is 6. The van der Waals surface area contributed by atoms with Crippen molar-refractivity contribution in [3.63, 3.8) is 0 Å². The molecule has 0 saturated carbocycles. The number of hydrogen-bond donors (Lipinski definition) is 1. The molecule has 8 heteroatoms. The van der Waals surface area contributed by atoms with E-state index in [1.54, 1.807) is 36.5 Å². The second kappa shape index (κ2) is 7.94. The lowest BCUT2D eigenvalue weighted by Gasteiger charge is -2.16. The first-order chi connectivity index (χ1) is 15.0. The molecular formula is C24H24N2O5S. The number of nitrogens with one attached hydrogen (secondary N) is 1. The Kier molecular flexibility index (Phi) is 5.42. The van der Waals surface area contributed by atoms with Crippen molar-refractivity contribution in [1.82, 2.24) is 4.98 Å². The largest absolute Gasteiger partial charge is 0.487 e. The molecule has 2 heterocycles. The fourth-order valence-electron chi connectivity index (χ4n) is 3.54. The number of rotatable bonds is 5. The van der Waals surface area contributed by atoms with Crippen molar-refractivity contribution in [2.24, 2.45) is 0 Å². The number of aromatic nitrogens is 1. The van der Waals surface area contributed by atoms with Gasteiger partial charge in [0.25, 0.3) is 5.91 Å². The van der Waals surface area contributed by atoms with Gasteiger partial charge in [-0.15, -0.1) is 0 Å². The highest BCUT2D eigenvalue weighted by Crippen LogP contribution is 2.43. The second-order valence-corrected chi connectivity index (χ2v) is 10.5. The van der Waals surface area contributed by atoms with Crippen LogP contribution in [0.3, 0.4) is 0 Å². The van der Waals surface area contributed by atoms with E-state index in [0.29, 0.717) is 35.1 Å². The van der Waals surface area contributed by atoms with Crippen LogP contribution >= 0.6 is 0 Å². The molecule has 2 aromatic carbocycles. The lowest BCUT2D eigenvalue weighted by atomic mass is 9.99. The van der Waals surface area contributed by atoms with E-state index < -0.39 is 15.4 Å². The van der Waals surface area contributed by atoms with E-state index in [0.717, 1.165) is 17.4 Å². The first kappa shape index (κ1) is 21.8. The highest BCUT2D eigenvalue weighted by Gasteiger charge is 2.34. The molecule has 3 aromatic rings. The monoisotopic (exact) mass is 452 g/mol. The molecule has 0 aliphatic carbocycles. The standard InChI is InChI=1S/C24H24N2O5S/c1-15-9-10-25-22(11-15)26-23(27)16-12-20(19-14-24(2,3)31-21(19)13-16)30-17-5-7-18(8-6-17)32(4,28)29/h5-13H,14H2,1-4H3,(H,25,26,27). The smallest absolute Gasteiger partial charge is 0.257 e. The first-order valence-corrected chi connectivity index (χ1v) is 12.0. The third-order valence-corrected chi connectivity index (χ3v) is 6.18. The minimum atomic E-state index is -3.30. The Bertz CT molecular complexity index is 1300. The molecule has 0 atom stereocenters. The zero-order valence-corrected chi connectivity index (χ0v) is 19.1. The Labute approximate surface area is 187 Å². The van der Waals surface area contributed by atoms with Gasteiger partial charge >= 0.3 is 0 Å². The van der Waals surface area contributed by atoms with Gasteiger partial charge in [-0.2, -0.15) is 0 Å². The van der Waals surface area contributed by atoms with Gasteiger partial charge in [0, 0.05) is 30.0 Å². The maximum atomic E-state index is 12.9.